The maximum Gasteiger partial charge on any atom is 0.342 e. The molecule has 1 aromatic heterocycles. The molecule has 0 aliphatic carbocycles. The SMILES string of the molecule is CCOC(=O)c1c(C)nc(C)nc1-c1ccc(OC)cc1. The molecule has 0 aliphatic rings. The third kappa shape index (κ3) is 3.18. The van der Waals surface area contributed by atoms with Gasteiger partial charge >= 0.3 is 5.97 Å². The summed E-state index contributed by atoms with van der Waals surface area (Å²) in [6.07, 6.45) is 0. The van der Waals surface area contributed by atoms with Crippen molar-refractivity contribution in [3.8, 4) is 17.0 Å². The van der Waals surface area contributed by atoms with Gasteiger partial charge in [-0.05, 0) is 45.0 Å². The van der Waals surface area contributed by atoms with E-state index in [1.807, 2.05) is 24.3 Å². The Kier molecular flexibility index (Phi) is 4.52. The predicted octanol–water partition coefficient (Wildman–Crippen LogP) is 2.95. The lowest BCUT2D eigenvalue weighted by atomic mass is 10.0. The lowest BCUT2D eigenvalue weighted by molar-refractivity contribution is 0.0525. The lowest BCUT2D eigenvalue weighted by Gasteiger charge is -2.12. The highest BCUT2D eigenvalue weighted by atomic mass is 16.5. The minimum Gasteiger partial charge on any atom is -0.497 e. The van der Waals surface area contributed by atoms with Crippen LogP contribution in [0.1, 0.15) is 28.8 Å². The monoisotopic (exact) mass is 286 g/mol. The van der Waals surface area contributed by atoms with Crippen molar-refractivity contribution in [2.75, 3.05) is 13.7 Å². The van der Waals surface area contributed by atoms with Crippen molar-refractivity contribution >= 4 is 5.97 Å². The van der Waals surface area contributed by atoms with E-state index >= 15 is 0 Å². The van der Waals surface area contributed by atoms with E-state index in [9.17, 15) is 4.79 Å². The first-order valence-corrected chi connectivity index (χ1v) is 6.73. The van der Waals surface area contributed by atoms with E-state index in [1.165, 1.54) is 0 Å². The standard InChI is InChI=1S/C16H18N2O3/c1-5-21-16(19)14-10(2)17-11(3)18-15(14)12-6-8-13(20-4)9-7-12/h6-9H,5H2,1-4H3. The summed E-state index contributed by atoms with van der Waals surface area (Å²) >= 11 is 0. The van der Waals surface area contributed by atoms with Gasteiger partial charge in [-0.25, -0.2) is 14.8 Å². The number of carbonyl (C=O) groups is 1. The van der Waals surface area contributed by atoms with Crippen LogP contribution in [0, 0.1) is 13.8 Å². The van der Waals surface area contributed by atoms with Gasteiger partial charge < -0.3 is 9.47 Å². The third-order valence-corrected chi connectivity index (χ3v) is 3.04. The van der Waals surface area contributed by atoms with Gasteiger partial charge in [0.25, 0.3) is 0 Å². The second kappa shape index (κ2) is 6.35. The van der Waals surface area contributed by atoms with E-state index in [0.717, 1.165) is 11.3 Å². The van der Waals surface area contributed by atoms with E-state index in [2.05, 4.69) is 9.97 Å². The van der Waals surface area contributed by atoms with Crippen LogP contribution in [0.2, 0.25) is 0 Å². The van der Waals surface area contributed by atoms with Gasteiger partial charge in [0.05, 0.1) is 25.1 Å². The number of hydrogen-bond donors (Lipinski definition) is 0. The van der Waals surface area contributed by atoms with Crippen molar-refractivity contribution < 1.29 is 14.3 Å². The minimum absolute atomic E-state index is 0.314. The summed E-state index contributed by atoms with van der Waals surface area (Å²) in [5.41, 5.74) is 2.44. The number of methoxy groups -OCH3 is 1. The fourth-order valence-electron chi connectivity index (χ4n) is 2.12. The molecule has 0 radical (unpaired) electrons. The van der Waals surface area contributed by atoms with Crippen molar-refractivity contribution in [2.24, 2.45) is 0 Å². The maximum absolute atomic E-state index is 12.2. The number of benzene rings is 1. The number of esters is 1. The summed E-state index contributed by atoms with van der Waals surface area (Å²) in [5, 5.41) is 0. The van der Waals surface area contributed by atoms with Crippen LogP contribution in [0.15, 0.2) is 24.3 Å². The van der Waals surface area contributed by atoms with Crippen LogP contribution in [0.5, 0.6) is 5.75 Å². The normalized spacial score (nSPS) is 10.3. The molecule has 2 aromatic rings. The summed E-state index contributed by atoms with van der Waals surface area (Å²) in [6.45, 7) is 5.67. The van der Waals surface area contributed by atoms with Crippen LogP contribution in [0.4, 0.5) is 0 Å². The molecule has 1 aromatic carbocycles. The minimum atomic E-state index is -0.402. The average molecular weight is 286 g/mol. The number of ether oxygens (including phenoxy) is 2. The molecular weight excluding hydrogens is 268 g/mol. The van der Waals surface area contributed by atoms with Gasteiger partial charge in [0.2, 0.25) is 0 Å². The molecule has 0 aliphatic heterocycles. The van der Waals surface area contributed by atoms with Crippen LogP contribution in [0.25, 0.3) is 11.3 Å². The summed E-state index contributed by atoms with van der Waals surface area (Å²) in [6, 6.07) is 7.39. The van der Waals surface area contributed by atoms with Gasteiger partial charge in [-0.15, -0.1) is 0 Å². The van der Waals surface area contributed by atoms with Crippen molar-refractivity contribution in [1.29, 1.82) is 0 Å². The van der Waals surface area contributed by atoms with Gasteiger partial charge in [0, 0.05) is 5.56 Å². The van der Waals surface area contributed by atoms with Crippen LogP contribution in [0.3, 0.4) is 0 Å². The van der Waals surface area contributed by atoms with Gasteiger partial charge in [-0.2, -0.15) is 0 Å². The lowest BCUT2D eigenvalue weighted by Crippen LogP contribution is -2.12. The maximum atomic E-state index is 12.2. The van der Waals surface area contributed by atoms with Crippen molar-refractivity contribution in [3.63, 3.8) is 0 Å². The Morgan fingerprint density at radius 3 is 2.38 bits per heavy atom. The number of hydrogen-bond acceptors (Lipinski definition) is 5. The molecule has 0 unspecified atom stereocenters. The summed E-state index contributed by atoms with van der Waals surface area (Å²) in [5.74, 6) is 0.964. The van der Waals surface area contributed by atoms with Gasteiger partial charge in [-0.3, -0.25) is 0 Å². The highest BCUT2D eigenvalue weighted by molar-refractivity contribution is 5.97. The quantitative estimate of drug-likeness (QED) is 0.809. The molecule has 0 atom stereocenters. The molecule has 0 saturated carbocycles. The average Bonchev–Trinajstić information content (AvgIpc) is 2.46. The largest absolute Gasteiger partial charge is 0.497 e. The van der Waals surface area contributed by atoms with Crippen LogP contribution in [-0.2, 0) is 4.74 Å². The number of carbonyl (C=O) groups excluding carboxylic acids is 1. The molecule has 21 heavy (non-hydrogen) atoms. The molecule has 0 amide bonds. The van der Waals surface area contributed by atoms with Gasteiger partial charge in [0.1, 0.15) is 17.1 Å². The zero-order chi connectivity index (χ0) is 15.4. The fourth-order valence-corrected chi connectivity index (χ4v) is 2.12. The number of rotatable bonds is 4. The Hall–Kier alpha value is -2.43. The second-order valence-electron chi connectivity index (χ2n) is 4.53. The van der Waals surface area contributed by atoms with E-state index in [4.69, 9.17) is 9.47 Å². The second-order valence-corrected chi connectivity index (χ2v) is 4.53. The van der Waals surface area contributed by atoms with E-state index < -0.39 is 5.97 Å². The molecule has 2 rings (SSSR count). The molecule has 0 bridgehead atoms. The molecule has 5 heteroatoms. The molecular formula is C16H18N2O3. The Labute approximate surface area is 124 Å². The number of aromatic nitrogens is 2. The highest BCUT2D eigenvalue weighted by Gasteiger charge is 2.20. The third-order valence-electron chi connectivity index (χ3n) is 3.04. The smallest absolute Gasteiger partial charge is 0.342 e. The van der Waals surface area contributed by atoms with Crippen LogP contribution < -0.4 is 4.74 Å². The summed E-state index contributed by atoms with van der Waals surface area (Å²) in [7, 11) is 1.61. The first-order chi connectivity index (χ1) is 10.1. The summed E-state index contributed by atoms with van der Waals surface area (Å²) < 4.78 is 10.3. The van der Waals surface area contributed by atoms with Crippen LogP contribution in [-0.4, -0.2) is 29.7 Å². The first kappa shape index (κ1) is 15.0. The Morgan fingerprint density at radius 1 is 1.14 bits per heavy atom. The molecule has 0 spiro atoms. The molecule has 0 fully saturated rings. The number of aryl methyl sites for hydroxylation is 2. The molecule has 0 N–H and O–H groups in total. The van der Waals surface area contributed by atoms with E-state index in [0.29, 0.717) is 29.4 Å². The van der Waals surface area contributed by atoms with Gasteiger partial charge in [0.15, 0.2) is 0 Å². The van der Waals surface area contributed by atoms with Crippen molar-refractivity contribution in [2.45, 2.75) is 20.8 Å². The Morgan fingerprint density at radius 2 is 1.81 bits per heavy atom. The van der Waals surface area contributed by atoms with Crippen LogP contribution >= 0.6 is 0 Å². The predicted molar refractivity (Wildman–Crippen MR) is 79.5 cm³/mol. The number of nitrogens with zero attached hydrogens (tertiary/aromatic N) is 2. The highest BCUT2D eigenvalue weighted by Crippen LogP contribution is 2.26. The van der Waals surface area contributed by atoms with Crippen molar-refractivity contribution in [3.05, 3.63) is 41.3 Å². The van der Waals surface area contributed by atoms with E-state index in [1.54, 1.807) is 27.9 Å². The topological polar surface area (TPSA) is 61.3 Å². The first-order valence-electron chi connectivity index (χ1n) is 6.73. The Balaban J connectivity index is 2.57. The summed E-state index contributed by atoms with van der Waals surface area (Å²) in [4.78, 5) is 20.8. The fraction of sp³-hybridized carbons (Fsp3) is 0.312. The molecule has 5 nitrogen and oxygen atoms in total. The molecule has 1 heterocycles. The van der Waals surface area contributed by atoms with E-state index in [-0.39, 0.29) is 0 Å². The van der Waals surface area contributed by atoms with Crippen molar-refractivity contribution in [1.82, 2.24) is 9.97 Å². The van der Waals surface area contributed by atoms with Gasteiger partial charge in [-0.1, -0.05) is 0 Å². The zero-order valence-corrected chi connectivity index (χ0v) is 12.6. The molecule has 110 valence electrons. The zero-order valence-electron chi connectivity index (χ0n) is 12.6. The molecule has 0 saturated heterocycles. The Bertz CT molecular complexity index is 651.